The molecule has 2 fully saturated rings. The van der Waals surface area contributed by atoms with Gasteiger partial charge in [0.15, 0.2) is 0 Å². The van der Waals surface area contributed by atoms with Crippen molar-refractivity contribution >= 4 is 0 Å². The van der Waals surface area contributed by atoms with Crippen LogP contribution in [-0.4, -0.2) is 41.3 Å². The van der Waals surface area contributed by atoms with Gasteiger partial charge in [-0.05, 0) is 44.0 Å². The lowest BCUT2D eigenvalue weighted by Gasteiger charge is -2.26. The van der Waals surface area contributed by atoms with E-state index < -0.39 is 0 Å². The summed E-state index contributed by atoms with van der Waals surface area (Å²) in [5.74, 6) is 1.83. The van der Waals surface area contributed by atoms with E-state index in [4.69, 9.17) is 0 Å². The Bertz CT molecular complexity index is 417. The van der Waals surface area contributed by atoms with Gasteiger partial charge in [0.25, 0.3) is 0 Å². The highest BCUT2D eigenvalue weighted by Gasteiger charge is 2.38. The van der Waals surface area contributed by atoms with Crippen LogP contribution in [0.2, 0.25) is 0 Å². The third-order valence-corrected chi connectivity index (χ3v) is 4.44. The number of fused-ring (bicyclic) bond motifs is 1. The van der Waals surface area contributed by atoms with Gasteiger partial charge in [0, 0.05) is 19.1 Å². The molecular formula is C14H20N2O2. The first-order valence-electron chi connectivity index (χ1n) is 6.62. The zero-order valence-electron chi connectivity index (χ0n) is 10.6. The molecule has 98 valence electrons. The minimum atomic E-state index is 0.0665. The smallest absolute Gasteiger partial charge is 0.124 e. The Morgan fingerprint density at radius 3 is 2.28 bits per heavy atom. The van der Waals surface area contributed by atoms with Crippen LogP contribution in [0.5, 0.6) is 11.5 Å². The third-order valence-electron chi connectivity index (χ3n) is 4.44. The van der Waals surface area contributed by atoms with Crippen LogP contribution < -0.4 is 5.32 Å². The molecule has 2 saturated heterocycles. The standard InChI is InChI=1S/C14H20N2O2/c1-9(14-12(17)3-2-4-13(14)18)16-7-10-5-15-6-11(10)8-16/h2-4,9-11,15,17-18H,5-8H2,1H3/t9?,10-,11+. The second kappa shape index (κ2) is 4.44. The van der Waals surface area contributed by atoms with Crippen LogP contribution in [-0.2, 0) is 0 Å². The van der Waals surface area contributed by atoms with E-state index in [1.165, 1.54) is 0 Å². The lowest BCUT2D eigenvalue weighted by molar-refractivity contribution is 0.234. The molecule has 3 N–H and O–H groups in total. The molecule has 0 spiro atoms. The molecule has 0 saturated carbocycles. The lowest BCUT2D eigenvalue weighted by Crippen LogP contribution is -2.28. The molecule has 1 unspecified atom stereocenters. The van der Waals surface area contributed by atoms with Gasteiger partial charge >= 0.3 is 0 Å². The summed E-state index contributed by atoms with van der Waals surface area (Å²) in [5, 5.41) is 23.3. The van der Waals surface area contributed by atoms with Gasteiger partial charge in [0.2, 0.25) is 0 Å². The Labute approximate surface area is 107 Å². The minimum absolute atomic E-state index is 0.0665. The average Bonchev–Trinajstić information content (AvgIpc) is 2.88. The van der Waals surface area contributed by atoms with Gasteiger partial charge in [-0.1, -0.05) is 6.07 Å². The van der Waals surface area contributed by atoms with Crippen molar-refractivity contribution in [2.24, 2.45) is 11.8 Å². The lowest BCUT2D eigenvalue weighted by atomic mass is 10.0. The zero-order chi connectivity index (χ0) is 12.7. The number of nitrogens with zero attached hydrogens (tertiary/aromatic N) is 1. The molecule has 2 aliphatic rings. The van der Waals surface area contributed by atoms with Gasteiger partial charge in [-0.3, -0.25) is 4.90 Å². The number of hydrogen-bond donors (Lipinski definition) is 3. The first-order chi connectivity index (χ1) is 8.66. The maximum absolute atomic E-state index is 9.93. The number of likely N-dealkylation sites (tertiary alicyclic amines) is 1. The average molecular weight is 248 g/mol. The number of phenols is 2. The van der Waals surface area contributed by atoms with Crippen molar-refractivity contribution < 1.29 is 10.2 Å². The first-order valence-corrected chi connectivity index (χ1v) is 6.62. The van der Waals surface area contributed by atoms with Gasteiger partial charge < -0.3 is 15.5 Å². The molecule has 0 aromatic heterocycles. The van der Waals surface area contributed by atoms with E-state index in [1.807, 2.05) is 0 Å². The fraction of sp³-hybridized carbons (Fsp3) is 0.571. The largest absolute Gasteiger partial charge is 0.507 e. The highest BCUT2D eigenvalue weighted by Crippen LogP contribution is 2.39. The number of rotatable bonds is 2. The maximum Gasteiger partial charge on any atom is 0.124 e. The van der Waals surface area contributed by atoms with E-state index >= 15 is 0 Å². The summed E-state index contributed by atoms with van der Waals surface area (Å²) in [6.45, 7) is 6.35. The van der Waals surface area contributed by atoms with Crippen molar-refractivity contribution in [3.63, 3.8) is 0 Å². The van der Waals surface area contributed by atoms with Crippen LogP contribution in [0, 0.1) is 11.8 Å². The van der Waals surface area contributed by atoms with Crippen LogP contribution in [0.25, 0.3) is 0 Å². The van der Waals surface area contributed by atoms with Crippen LogP contribution in [0.15, 0.2) is 18.2 Å². The number of nitrogens with one attached hydrogen (secondary N) is 1. The highest BCUT2D eigenvalue weighted by molar-refractivity contribution is 5.45. The summed E-state index contributed by atoms with van der Waals surface area (Å²) in [5.41, 5.74) is 0.658. The Hall–Kier alpha value is -1.26. The molecule has 3 rings (SSSR count). The van der Waals surface area contributed by atoms with Gasteiger partial charge in [0.05, 0.1) is 5.56 Å². The van der Waals surface area contributed by atoms with Crippen LogP contribution in [0.3, 0.4) is 0 Å². The Kier molecular flexibility index (Phi) is 2.92. The molecule has 18 heavy (non-hydrogen) atoms. The molecule has 1 aromatic rings. The fourth-order valence-electron chi connectivity index (χ4n) is 3.36. The van der Waals surface area contributed by atoms with Crippen molar-refractivity contribution in [2.45, 2.75) is 13.0 Å². The predicted molar refractivity (Wildman–Crippen MR) is 69.6 cm³/mol. The van der Waals surface area contributed by atoms with Gasteiger partial charge in [0.1, 0.15) is 11.5 Å². The van der Waals surface area contributed by atoms with Crippen molar-refractivity contribution in [2.75, 3.05) is 26.2 Å². The van der Waals surface area contributed by atoms with Crippen LogP contribution in [0.1, 0.15) is 18.5 Å². The summed E-state index contributed by atoms with van der Waals surface area (Å²) in [4.78, 5) is 2.37. The van der Waals surface area contributed by atoms with E-state index in [1.54, 1.807) is 18.2 Å². The van der Waals surface area contributed by atoms with Gasteiger partial charge in [-0.2, -0.15) is 0 Å². The van der Waals surface area contributed by atoms with Gasteiger partial charge in [-0.25, -0.2) is 0 Å². The van der Waals surface area contributed by atoms with Crippen molar-refractivity contribution in [1.29, 1.82) is 0 Å². The maximum atomic E-state index is 9.93. The van der Waals surface area contributed by atoms with E-state index in [-0.39, 0.29) is 17.5 Å². The molecule has 2 heterocycles. The normalized spacial score (nSPS) is 29.4. The Morgan fingerprint density at radius 2 is 1.72 bits per heavy atom. The zero-order valence-corrected chi connectivity index (χ0v) is 10.6. The third kappa shape index (κ3) is 1.85. The van der Waals surface area contributed by atoms with E-state index in [2.05, 4.69) is 17.1 Å². The SMILES string of the molecule is CC(c1c(O)cccc1O)N1C[C@H]2CNC[C@H]2C1. The summed E-state index contributed by atoms with van der Waals surface area (Å²) in [6, 6.07) is 5.02. The predicted octanol–water partition coefficient (Wildman–Crippen LogP) is 1.31. The molecule has 3 atom stereocenters. The fourth-order valence-corrected chi connectivity index (χ4v) is 3.36. The molecule has 0 amide bonds. The number of hydrogen-bond acceptors (Lipinski definition) is 4. The van der Waals surface area contributed by atoms with Crippen LogP contribution >= 0.6 is 0 Å². The van der Waals surface area contributed by atoms with Crippen molar-refractivity contribution in [1.82, 2.24) is 10.2 Å². The quantitative estimate of drug-likeness (QED) is 0.738. The molecule has 2 aliphatic heterocycles. The highest BCUT2D eigenvalue weighted by atomic mass is 16.3. The number of aromatic hydroxyl groups is 2. The monoisotopic (exact) mass is 248 g/mol. The molecule has 1 aromatic carbocycles. The summed E-state index contributed by atoms with van der Waals surface area (Å²) in [6.07, 6.45) is 0. The van der Waals surface area contributed by atoms with E-state index in [9.17, 15) is 10.2 Å². The number of phenolic OH excluding ortho intramolecular Hbond substituents is 2. The van der Waals surface area contributed by atoms with E-state index in [0.717, 1.165) is 38.0 Å². The molecule has 0 aliphatic carbocycles. The molecule has 0 bridgehead atoms. The molecule has 4 heteroatoms. The summed E-state index contributed by atoms with van der Waals surface area (Å²) >= 11 is 0. The molecule has 4 nitrogen and oxygen atoms in total. The molecular weight excluding hydrogens is 228 g/mol. The minimum Gasteiger partial charge on any atom is -0.507 e. The Balaban J connectivity index is 1.81. The van der Waals surface area contributed by atoms with Crippen LogP contribution in [0.4, 0.5) is 0 Å². The second-order valence-corrected chi connectivity index (χ2v) is 5.52. The first kappa shape index (κ1) is 11.8. The van der Waals surface area contributed by atoms with Crippen molar-refractivity contribution in [3.05, 3.63) is 23.8 Å². The topological polar surface area (TPSA) is 55.7 Å². The summed E-state index contributed by atoms with van der Waals surface area (Å²) < 4.78 is 0. The van der Waals surface area contributed by atoms with Gasteiger partial charge in [-0.15, -0.1) is 0 Å². The second-order valence-electron chi connectivity index (χ2n) is 5.52. The van der Waals surface area contributed by atoms with E-state index in [0.29, 0.717) is 5.56 Å². The Morgan fingerprint density at radius 1 is 1.17 bits per heavy atom. The summed E-state index contributed by atoms with van der Waals surface area (Å²) in [7, 11) is 0. The number of benzene rings is 1. The molecule has 0 radical (unpaired) electrons. The van der Waals surface area contributed by atoms with Crippen molar-refractivity contribution in [3.8, 4) is 11.5 Å².